The van der Waals surface area contributed by atoms with Crippen LogP contribution in [0.5, 0.6) is 0 Å². The van der Waals surface area contributed by atoms with E-state index in [4.69, 9.17) is 0 Å². The minimum Gasteiger partial charge on any atom is -0.335 e. The lowest BCUT2D eigenvalue weighted by Crippen LogP contribution is -2.50. The van der Waals surface area contributed by atoms with Crippen molar-refractivity contribution in [1.82, 2.24) is 20.1 Å². The van der Waals surface area contributed by atoms with Gasteiger partial charge in [0, 0.05) is 24.5 Å². The number of carbonyl (C=O) groups is 2. The van der Waals surface area contributed by atoms with Crippen LogP contribution in [0.3, 0.4) is 0 Å². The van der Waals surface area contributed by atoms with Gasteiger partial charge < -0.3 is 20.4 Å². The van der Waals surface area contributed by atoms with Crippen molar-refractivity contribution in [1.29, 1.82) is 0 Å². The summed E-state index contributed by atoms with van der Waals surface area (Å²) >= 11 is 1.40. The van der Waals surface area contributed by atoms with Crippen molar-refractivity contribution in [3.05, 3.63) is 11.1 Å². The molecule has 8 heteroatoms. The Kier molecular flexibility index (Phi) is 9.00. The second-order valence-corrected chi connectivity index (χ2v) is 7.93. The highest BCUT2D eigenvalue weighted by Gasteiger charge is 2.22. The van der Waals surface area contributed by atoms with Crippen LogP contribution in [0.4, 0.5) is 9.93 Å². The highest BCUT2D eigenvalue weighted by molar-refractivity contribution is 7.13. The van der Waals surface area contributed by atoms with Crippen LogP contribution in [0.1, 0.15) is 51.6 Å². The molecule has 1 heterocycles. The van der Waals surface area contributed by atoms with E-state index in [1.54, 1.807) is 4.90 Å². The molecule has 0 spiro atoms. The zero-order valence-electron chi connectivity index (χ0n) is 16.8. The highest BCUT2D eigenvalue weighted by Crippen LogP contribution is 2.18. The van der Waals surface area contributed by atoms with Crippen LogP contribution in [0.15, 0.2) is 5.38 Å². The summed E-state index contributed by atoms with van der Waals surface area (Å²) in [6.45, 7) is 9.29. The number of amides is 3. The van der Waals surface area contributed by atoms with E-state index < -0.39 is 0 Å². The van der Waals surface area contributed by atoms with Crippen molar-refractivity contribution in [3.8, 4) is 0 Å². The van der Waals surface area contributed by atoms with Gasteiger partial charge in [0.2, 0.25) is 5.91 Å². The number of hydrogen-bond acceptors (Lipinski definition) is 5. The first-order chi connectivity index (χ1) is 13.0. The fourth-order valence-electron chi connectivity index (χ4n) is 3.31. The Labute approximate surface area is 166 Å². The Hall–Kier alpha value is -1.67. The second kappa shape index (κ2) is 11.2. The lowest BCUT2D eigenvalue weighted by atomic mass is 9.96. The Morgan fingerprint density at radius 2 is 1.89 bits per heavy atom. The largest absolute Gasteiger partial charge is 0.335 e. The molecule has 0 bridgehead atoms. The summed E-state index contributed by atoms with van der Waals surface area (Å²) in [5.74, 6) is -0.206. The van der Waals surface area contributed by atoms with Crippen LogP contribution < -0.4 is 10.6 Å². The molecular weight excluding hydrogens is 362 g/mol. The number of carbonyl (C=O) groups excluding carboxylic acids is 2. The number of nitrogens with one attached hydrogen (secondary N) is 2. The molecule has 1 saturated carbocycles. The van der Waals surface area contributed by atoms with Gasteiger partial charge in [-0.25, -0.2) is 9.78 Å². The average Bonchev–Trinajstić information content (AvgIpc) is 3.06. The summed E-state index contributed by atoms with van der Waals surface area (Å²) < 4.78 is 0. The van der Waals surface area contributed by atoms with Gasteiger partial charge in [0.05, 0.1) is 5.69 Å². The minimum atomic E-state index is -0.206. The molecule has 3 amide bonds. The van der Waals surface area contributed by atoms with E-state index in [1.165, 1.54) is 17.8 Å². The number of likely N-dealkylation sites (N-methyl/N-ethyl adjacent to an activating group) is 1. The van der Waals surface area contributed by atoms with Crippen LogP contribution in [-0.4, -0.2) is 65.5 Å². The van der Waals surface area contributed by atoms with E-state index >= 15 is 0 Å². The van der Waals surface area contributed by atoms with Gasteiger partial charge in [-0.1, -0.05) is 33.1 Å². The number of nitrogens with zero attached hydrogens (tertiary/aromatic N) is 3. The van der Waals surface area contributed by atoms with E-state index in [1.807, 2.05) is 12.3 Å². The monoisotopic (exact) mass is 395 g/mol. The number of thiazole rings is 1. The van der Waals surface area contributed by atoms with Crippen LogP contribution >= 0.6 is 11.3 Å². The highest BCUT2D eigenvalue weighted by atomic mass is 32.1. The predicted octanol–water partition coefficient (Wildman–Crippen LogP) is 3.08. The van der Waals surface area contributed by atoms with Crippen LogP contribution in [0, 0.1) is 6.92 Å². The molecule has 0 aliphatic heterocycles. The fourth-order valence-corrected chi connectivity index (χ4v) is 4.02. The standard InChI is InChI=1S/C19H33N5O2S/c1-4-23(5-2)11-12-24(19(26)21-16-9-7-6-8-10-16)13-17(25)22-18-20-15(3)14-27-18/h14,16H,4-13H2,1-3H3,(H,21,26)(H,20,22,25). The van der Waals surface area contributed by atoms with Crippen molar-refractivity contribution >= 4 is 28.4 Å². The fraction of sp³-hybridized carbons (Fsp3) is 0.737. The zero-order valence-corrected chi connectivity index (χ0v) is 17.6. The summed E-state index contributed by atoms with van der Waals surface area (Å²) in [5, 5.41) is 8.40. The van der Waals surface area contributed by atoms with Gasteiger partial charge in [0.25, 0.3) is 0 Å². The van der Waals surface area contributed by atoms with Gasteiger partial charge in [0.15, 0.2) is 5.13 Å². The summed E-state index contributed by atoms with van der Waals surface area (Å²) in [5.41, 5.74) is 0.878. The van der Waals surface area contributed by atoms with Crippen LogP contribution in [-0.2, 0) is 4.79 Å². The number of rotatable bonds is 9. The van der Waals surface area contributed by atoms with E-state index in [0.717, 1.165) is 51.0 Å². The van der Waals surface area contributed by atoms with Gasteiger partial charge in [-0.2, -0.15) is 0 Å². The minimum absolute atomic E-state index is 0.0401. The third-order valence-corrected chi connectivity index (χ3v) is 5.88. The zero-order chi connectivity index (χ0) is 19.6. The summed E-state index contributed by atoms with van der Waals surface area (Å²) in [7, 11) is 0. The number of aromatic nitrogens is 1. The summed E-state index contributed by atoms with van der Waals surface area (Å²) in [6.07, 6.45) is 5.62. The molecule has 1 fully saturated rings. The van der Waals surface area contributed by atoms with Crippen molar-refractivity contribution in [2.75, 3.05) is 38.0 Å². The Balaban J connectivity index is 1.94. The predicted molar refractivity (Wildman–Crippen MR) is 110 cm³/mol. The Morgan fingerprint density at radius 1 is 1.19 bits per heavy atom. The van der Waals surface area contributed by atoms with Crippen molar-refractivity contribution < 1.29 is 9.59 Å². The number of anilines is 1. The molecule has 27 heavy (non-hydrogen) atoms. The molecule has 2 N–H and O–H groups in total. The molecule has 0 atom stereocenters. The molecule has 1 aliphatic rings. The molecule has 1 aliphatic carbocycles. The Bertz CT molecular complexity index is 597. The molecule has 2 rings (SSSR count). The molecule has 1 aromatic heterocycles. The lowest BCUT2D eigenvalue weighted by molar-refractivity contribution is -0.116. The van der Waals surface area contributed by atoms with E-state index in [9.17, 15) is 9.59 Å². The van der Waals surface area contributed by atoms with Gasteiger partial charge in [-0.05, 0) is 32.9 Å². The van der Waals surface area contributed by atoms with Gasteiger partial charge >= 0.3 is 6.03 Å². The first-order valence-electron chi connectivity index (χ1n) is 10.0. The van der Waals surface area contributed by atoms with Crippen LogP contribution in [0.25, 0.3) is 0 Å². The summed E-state index contributed by atoms with van der Waals surface area (Å²) in [6, 6.07) is 0.0893. The van der Waals surface area contributed by atoms with Crippen molar-refractivity contribution in [2.24, 2.45) is 0 Å². The third-order valence-electron chi connectivity index (χ3n) is 5.00. The maximum atomic E-state index is 12.8. The molecule has 152 valence electrons. The molecule has 0 saturated heterocycles. The molecule has 7 nitrogen and oxygen atoms in total. The van der Waals surface area contributed by atoms with Crippen molar-refractivity contribution in [2.45, 2.75) is 58.9 Å². The normalized spacial score (nSPS) is 15.0. The summed E-state index contributed by atoms with van der Waals surface area (Å²) in [4.78, 5) is 33.4. The van der Waals surface area contributed by atoms with E-state index in [-0.39, 0.29) is 24.5 Å². The molecule has 0 unspecified atom stereocenters. The van der Waals surface area contributed by atoms with Crippen LogP contribution in [0.2, 0.25) is 0 Å². The van der Waals surface area contributed by atoms with Gasteiger partial charge in [-0.3, -0.25) is 4.79 Å². The molecule has 1 aromatic rings. The maximum absolute atomic E-state index is 12.8. The lowest BCUT2D eigenvalue weighted by Gasteiger charge is -2.29. The Morgan fingerprint density at radius 3 is 2.48 bits per heavy atom. The number of hydrogen-bond donors (Lipinski definition) is 2. The smallest absolute Gasteiger partial charge is 0.318 e. The second-order valence-electron chi connectivity index (χ2n) is 7.08. The molecule has 0 aromatic carbocycles. The number of aryl methyl sites for hydroxylation is 1. The average molecular weight is 396 g/mol. The third kappa shape index (κ3) is 7.46. The topological polar surface area (TPSA) is 77.6 Å². The van der Waals surface area contributed by atoms with Gasteiger partial charge in [-0.15, -0.1) is 11.3 Å². The number of urea groups is 1. The van der Waals surface area contributed by atoms with E-state index in [2.05, 4.69) is 34.4 Å². The SMILES string of the molecule is CCN(CC)CCN(CC(=O)Nc1nc(C)cs1)C(=O)NC1CCCCC1. The van der Waals surface area contributed by atoms with E-state index in [0.29, 0.717) is 11.7 Å². The molecule has 0 radical (unpaired) electrons. The first kappa shape index (κ1) is 21.6. The van der Waals surface area contributed by atoms with Gasteiger partial charge in [0.1, 0.15) is 6.54 Å². The first-order valence-corrected chi connectivity index (χ1v) is 10.9. The van der Waals surface area contributed by atoms with Crippen molar-refractivity contribution in [3.63, 3.8) is 0 Å². The molecular formula is C19H33N5O2S. The maximum Gasteiger partial charge on any atom is 0.318 e. The quantitative estimate of drug-likeness (QED) is 0.674.